The van der Waals surface area contributed by atoms with Gasteiger partial charge in [-0.1, -0.05) is 11.6 Å². The normalized spacial score (nSPS) is 10.6. The summed E-state index contributed by atoms with van der Waals surface area (Å²) >= 11 is 6.10. The van der Waals surface area contributed by atoms with E-state index >= 15 is 0 Å². The van der Waals surface area contributed by atoms with Crippen LogP contribution in [0.1, 0.15) is 17.1 Å². The third kappa shape index (κ3) is 2.57. The molecular formula is C12H14ClN5O2. The summed E-state index contributed by atoms with van der Waals surface area (Å²) in [5.41, 5.74) is 1.51. The highest BCUT2D eigenvalue weighted by molar-refractivity contribution is 6.31. The van der Waals surface area contributed by atoms with Gasteiger partial charge in [0.1, 0.15) is 17.2 Å². The molecule has 20 heavy (non-hydrogen) atoms. The molecule has 2 heterocycles. The van der Waals surface area contributed by atoms with E-state index < -0.39 is 4.92 Å². The molecule has 0 amide bonds. The molecule has 8 heteroatoms. The van der Waals surface area contributed by atoms with Gasteiger partial charge in [0.2, 0.25) is 0 Å². The minimum Gasteiger partial charge on any atom is -0.373 e. The van der Waals surface area contributed by atoms with E-state index in [4.69, 9.17) is 11.6 Å². The van der Waals surface area contributed by atoms with Crippen molar-refractivity contribution in [3.8, 4) is 0 Å². The van der Waals surface area contributed by atoms with Crippen LogP contribution in [0.25, 0.3) is 0 Å². The lowest BCUT2D eigenvalue weighted by molar-refractivity contribution is -0.386. The first-order valence-corrected chi connectivity index (χ1v) is 6.33. The van der Waals surface area contributed by atoms with Crippen LogP contribution in [0, 0.1) is 24.0 Å². The Hall–Kier alpha value is -2.15. The first kappa shape index (κ1) is 14.3. The van der Waals surface area contributed by atoms with E-state index in [9.17, 15) is 10.1 Å². The minimum atomic E-state index is -0.423. The van der Waals surface area contributed by atoms with Gasteiger partial charge >= 0.3 is 5.69 Å². The molecule has 0 aromatic carbocycles. The largest absolute Gasteiger partial charge is 0.373 e. The van der Waals surface area contributed by atoms with Gasteiger partial charge < -0.3 is 5.32 Å². The second kappa shape index (κ2) is 5.46. The molecule has 1 N–H and O–H groups in total. The number of anilines is 1. The summed E-state index contributed by atoms with van der Waals surface area (Å²) < 4.78 is 1.54. The zero-order valence-electron chi connectivity index (χ0n) is 11.3. The Balaban J connectivity index is 2.40. The van der Waals surface area contributed by atoms with E-state index in [1.54, 1.807) is 37.7 Å². The molecule has 0 unspecified atom stereocenters. The number of aromatic nitrogens is 3. The number of hydrogen-bond donors (Lipinski definition) is 1. The quantitative estimate of drug-likeness (QED) is 0.692. The van der Waals surface area contributed by atoms with Crippen LogP contribution in [0.4, 0.5) is 11.5 Å². The fourth-order valence-electron chi connectivity index (χ4n) is 1.98. The lowest BCUT2D eigenvalue weighted by Gasteiger charge is -2.07. The van der Waals surface area contributed by atoms with Crippen LogP contribution in [0.15, 0.2) is 12.1 Å². The van der Waals surface area contributed by atoms with E-state index in [2.05, 4.69) is 15.4 Å². The number of nitrogens with one attached hydrogen (secondary N) is 1. The van der Waals surface area contributed by atoms with Crippen LogP contribution in [-0.4, -0.2) is 26.7 Å². The van der Waals surface area contributed by atoms with E-state index in [1.807, 2.05) is 0 Å². The van der Waals surface area contributed by atoms with Gasteiger partial charge in [-0.3, -0.25) is 14.8 Å². The Bertz CT molecular complexity index is 668. The molecule has 0 saturated heterocycles. The molecule has 0 fully saturated rings. The number of aryl methyl sites for hydroxylation is 1. The van der Waals surface area contributed by atoms with Crippen molar-refractivity contribution >= 4 is 23.1 Å². The maximum Gasteiger partial charge on any atom is 0.312 e. The van der Waals surface area contributed by atoms with Gasteiger partial charge in [-0.2, -0.15) is 5.10 Å². The van der Waals surface area contributed by atoms with E-state index in [0.717, 1.165) is 0 Å². The summed E-state index contributed by atoms with van der Waals surface area (Å²) in [6, 6.07) is 3.49. The molecular weight excluding hydrogens is 282 g/mol. The molecule has 0 saturated carbocycles. The van der Waals surface area contributed by atoms with Gasteiger partial charge in [0.15, 0.2) is 0 Å². The van der Waals surface area contributed by atoms with Crippen LogP contribution in [0.3, 0.4) is 0 Å². The number of pyridine rings is 1. The highest BCUT2D eigenvalue weighted by atomic mass is 35.5. The Labute approximate surface area is 120 Å². The zero-order chi connectivity index (χ0) is 14.9. The maximum absolute atomic E-state index is 11.0. The SMILES string of the molecule is CNc1ccc(Cl)c(Cn2nc(C)c([N+](=O)[O-])c2C)n1. The molecule has 0 aliphatic heterocycles. The molecule has 7 nitrogen and oxygen atoms in total. The molecule has 2 aromatic heterocycles. The monoisotopic (exact) mass is 295 g/mol. The van der Waals surface area contributed by atoms with Gasteiger partial charge in [-0.25, -0.2) is 4.98 Å². The van der Waals surface area contributed by atoms with Crippen molar-refractivity contribution in [2.75, 3.05) is 12.4 Å². The predicted molar refractivity (Wildman–Crippen MR) is 76.3 cm³/mol. The second-order valence-electron chi connectivity index (χ2n) is 4.31. The summed E-state index contributed by atoms with van der Waals surface area (Å²) in [6.45, 7) is 3.56. The highest BCUT2D eigenvalue weighted by Crippen LogP contribution is 2.24. The summed E-state index contributed by atoms with van der Waals surface area (Å²) in [5, 5.41) is 18.6. The Morgan fingerprint density at radius 2 is 2.15 bits per heavy atom. The van der Waals surface area contributed by atoms with Crippen LogP contribution in [0.2, 0.25) is 5.02 Å². The van der Waals surface area contributed by atoms with Crippen molar-refractivity contribution < 1.29 is 4.92 Å². The lowest BCUT2D eigenvalue weighted by Crippen LogP contribution is -2.07. The second-order valence-corrected chi connectivity index (χ2v) is 4.72. The predicted octanol–water partition coefficient (Wildman–Crippen LogP) is 2.55. The summed E-state index contributed by atoms with van der Waals surface area (Å²) in [4.78, 5) is 14.9. The lowest BCUT2D eigenvalue weighted by atomic mass is 10.3. The fraction of sp³-hybridized carbons (Fsp3) is 0.333. The van der Waals surface area contributed by atoms with Gasteiger partial charge in [0.25, 0.3) is 0 Å². The van der Waals surface area contributed by atoms with Gasteiger partial charge in [-0.15, -0.1) is 0 Å². The molecule has 0 atom stereocenters. The van der Waals surface area contributed by atoms with Gasteiger partial charge in [0, 0.05) is 7.05 Å². The van der Waals surface area contributed by atoms with Crippen molar-refractivity contribution in [2.24, 2.45) is 0 Å². The van der Waals surface area contributed by atoms with Crippen molar-refractivity contribution in [3.05, 3.63) is 44.4 Å². The van der Waals surface area contributed by atoms with Crippen molar-refractivity contribution in [1.29, 1.82) is 0 Å². The Kier molecular flexibility index (Phi) is 3.89. The van der Waals surface area contributed by atoms with E-state index in [1.165, 1.54) is 0 Å². The number of rotatable bonds is 4. The third-order valence-electron chi connectivity index (χ3n) is 3.00. The molecule has 0 spiro atoms. The Morgan fingerprint density at radius 1 is 1.45 bits per heavy atom. The van der Waals surface area contributed by atoms with Crippen LogP contribution in [-0.2, 0) is 6.54 Å². The van der Waals surface area contributed by atoms with Crippen molar-refractivity contribution in [1.82, 2.24) is 14.8 Å². The number of nitro groups is 1. The summed E-state index contributed by atoms with van der Waals surface area (Å²) in [7, 11) is 1.76. The highest BCUT2D eigenvalue weighted by Gasteiger charge is 2.22. The zero-order valence-corrected chi connectivity index (χ0v) is 12.1. The van der Waals surface area contributed by atoms with Crippen LogP contribution in [0.5, 0.6) is 0 Å². The summed E-state index contributed by atoms with van der Waals surface area (Å²) in [5.74, 6) is 0.681. The molecule has 106 valence electrons. The molecule has 2 rings (SSSR count). The summed E-state index contributed by atoms with van der Waals surface area (Å²) in [6.07, 6.45) is 0. The van der Waals surface area contributed by atoms with Gasteiger partial charge in [0.05, 0.1) is 22.2 Å². The van der Waals surface area contributed by atoms with Crippen LogP contribution < -0.4 is 5.32 Å². The molecule has 0 radical (unpaired) electrons. The van der Waals surface area contributed by atoms with Crippen LogP contribution >= 0.6 is 11.6 Å². The topological polar surface area (TPSA) is 85.9 Å². The first-order valence-electron chi connectivity index (χ1n) is 5.95. The third-order valence-corrected chi connectivity index (χ3v) is 3.34. The van der Waals surface area contributed by atoms with E-state index in [0.29, 0.717) is 27.9 Å². The average molecular weight is 296 g/mol. The maximum atomic E-state index is 11.0. The molecule has 0 bridgehead atoms. The number of halogens is 1. The molecule has 0 aliphatic rings. The van der Waals surface area contributed by atoms with Crippen molar-refractivity contribution in [2.45, 2.75) is 20.4 Å². The average Bonchev–Trinajstić information content (AvgIpc) is 2.67. The Morgan fingerprint density at radius 3 is 2.70 bits per heavy atom. The fourth-order valence-corrected chi connectivity index (χ4v) is 2.15. The minimum absolute atomic E-state index is 0.0332. The molecule has 2 aromatic rings. The first-order chi connectivity index (χ1) is 9.43. The molecule has 0 aliphatic carbocycles. The number of hydrogen-bond acceptors (Lipinski definition) is 5. The van der Waals surface area contributed by atoms with Crippen molar-refractivity contribution in [3.63, 3.8) is 0 Å². The smallest absolute Gasteiger partial charge is 0.312 e. The van der Waals surface area contributed by atoms with E-state index in [-0.39, 0.29) is 12.2 Å². The standard InChI is InChI=1S/C12H14ClN5O2/c1-7-12(18(19)20)8(2)17(16-7)6-10-9(13)4-5-11(14-3)15-10/h4-5H,6H2,1-3H3,(H,14,15). The number of nitrogens with zero attached hydrogens (tertiary/aromatic N) is 4. The van der Waals surface area contributed by atoms with Gasteiger partial charge in [-0.05, 0) is 26.0 Å².